The van der Waals surface area contributed by atoms with E-state index in [0.717, 1.165) is 43.7 Å². The summed E-state index contributed by atoms with van der Waals surface area (Å²) >= 11 is 0. The lowest BCUT2D eigenvalue weighted by molar-refractivity contribution is 0.0760. The molecule has 0 spiro atoms. The van der Waals surface area contributed by atoms with Gasteiger partial charge in [0.05, 0.1) is 6.10 Å². The molecular weight excluding hydrogens is 226 g/mol. The highest BCUT2D eigenvalue weighted by Crippen LogP contribution is 2.20. The number of hydrogen-bond acceptors (Lipinski definition) is 3. The fourth-order valence-corrected chi connectivity index (χ4v) is 1.76. The molecule has 0 fully saturated rings. The maximum absolute atomic E-state index is 9.84. The third-order valence-electron chi connectivity index (χ3n) is 2.84. The Morgan fingerprint density at radius 3 is 2.78 bits per heavy atom. The van der Waals surface area contributed by atoms with Gasteiger partial charge in [0.1, 0.15) is 5.75 Å². The topological polar surface area (TPSA) is 41.5 Å². The molecule has 1 rings (SSSR count). The van der Waals surface area contributed by atoms with Crippen LogP contribution in [0.25, 0.3) is 0 Å². The number of aromatic hydroxyl groups is 1. The van der Waals surface area contributed by atoms with E-state index in [1.807, 2.05) is 25.1 Å². The summed E-state index contributed by atoms with van der Waals surface area (Å²) in [6.45, 7) is 8.53. The molecule has 0 radical (unpaired) electrons. The highest BCUT2D eigenvalue weighted by molar-refractivity contribution is 5.39. The van der Waals surface area contributed by atoms with Gasteiger partial charge in [0, 0.05) is 18.7 Å². The van der Waals surface area contributed by atoms with Gasteiger partial charge in [-0.3, -0.25) is 0 Å². The second-order valence-electron chi connectivity index (χ2n) is 4.89. The number of phenolic OH excluding ortho intramolecular Hbond substituents is 1. The number of nitrogens with one attached hydrogen (secondary N) is 1. The molecule has 2 N–H and O–H groups in total. The normalized spacial score (nSPS) is 11.1. The fraction of sp³-hybridized carbons (Fsp3) is 0.600. The van der Waals surface area contributed by atoms with E-state index in [1.165, 1.54) is 0 Å². The van der Waals surface area contributed by atoms with Crippen LogP contribution in [0.5, 0.6) is 5.75 Å². The van der Waals surface area contributed by atoms with Crippen LogP contribution in [0.4, 0.5) is 0 Å². The first-order chi connectivity index (χ1) is 8.61. The van der Waals surface area contributed by atoms with Crippen molar-refractivity contribution < 1.29 is 9.84 Å². The van der Waals surface area contributed by atoms with Crippen molar-refractivity contribution in [2.75, 3.05) is 13.2 Å². The number of unbranched alkanes of at least 4 members (excludes halogenated alkanes) is 1. The minimum Gasteiger partial charge on any atom is -0.507 e. The maximum Gasteiger partial charge on any atom is 0.122 e. The van der Waals surface area contributed by atoms with Gasteiger partial charge in [0.25, 0.3) is 0 Å². The van der Waals surface area contributed by atoms with Gasteiger partial charge in [-0.05, 0) is 45.7 Å². The molecule has 0 aliphatic heterocycles. The molecule has 0 aromatic heterocycles. The Kier molecular flexibility index (Phi) is 6.76. The molecule has 3 nitrogen and oxygen atoms in total. The quantitative estimate of drug-likeness (QED) is 0.698. The standard InChI is InChI=1S/C15H25NO2/c1-12(2)18-10-5-4-9-16-11-14-8-6-7-13(3)15(14)17/h6-8,12,16-17H,4-5,9-11H2,1-3H3. The summed E-state index contributed by atoms with van der Waals surface area (Å²) in [4.78, 5) is 0. The van der Waals surface area contributed by atoms with Gasteiger partial charge in [0.2, 0.25) is 0 Å². The predicted molar refractivity (Wildman–Crippen MR) is 74.9 cm³/mol. The Morgan fingerprint density at radius 2 is 2.06 bits per heavy atom. The van der Waals surface area contributed by atoms with Crippen molar-refractivity contribution >= 4 is 0 Å². The van der Waals surface area contributed by atoms with Crippen molar-refractivity contribution in [1.82, 2.24) is 5.32 Å². The van der Waals surface area contributed by atoms with Crippen LogP contribution >= 0.6 is 0 Å². The molecule has 18 heavy (non-hydrogen) atoms. The molecule has 1 aromatic rings. The second-order valence-corrected chi connectivity index (χ2v) is 4.89. The van der Waals surface area contributed by atoms with Gasteiger partial charge in [-0.25, -0.2) is 0 Å². The molecule has 102 valence electrons. The second kappa shape index (κ2) is 8.11. The zero-order chi connectivity index (χ0) is 13.4. The minimum absolute atomic E-state index is 0.321. The number of aryl methyl sites for hydroxylation is 1. The number of ether oxygens (including phenoxy) is 1. The summed E-state index contributed by atoms with van der Waals surface area (Å²) in [5.74, 6) is 0.410. The molecular formula is C15H25NO2. The summed E-state index contributed by atoms with van der Waals surface area (Å²) in [5.41, 5.74) is 1.90. The molecule has 0 amide bonds. The maximum atomic E-state index is 9.84. The van der Waals surface area contributed by atoms with Crippen molar-refractivity contribution in [1.29, 1.82) is 0 Å². The van der Waals surface area contributed by atoms with Gasteiger partial charge in [0.15, 0.2) is 0 Å². The van der Waals surface area contributed by atoms with Gasteiger partial charge >= 0.3 is 0 Å². The first-order valence-electron chi connectivity index (χ1n) is 6.71. The van der Waals surface area contributed by atoms with Crippen LogP contribution in [-0.2, 0) is 11.3 Å². The van der Waals surface area contributed by atoms with E-state index in [4.69, 9.17) is 4.74 Å². The summed E-state index contributed by atoms with van der Waals surface area (Å²) in [7, 11) is 0. The van der Waals surface area contributed by atoms with Crippen LogP contribution in [0.2, 0.25) is 0 Å². The molecule has 0 atom stereocenters. The molecule has 0 bridgehead atoms. The lowest BCUT2D eigenvalue weighted by atomic mass is 10.1. The highest BCUT2D eigenvalue weighted by atomic mass is 16.5. The van der Waals surface area contributed by atoms with Crippen LogP contribution < -0.4 is 5.32 Å². The molecule has 0 unspecified atom stereocenters. The third-order valence-corrected chi connectivity index (χ3v) is 2.84. The molecule has 0 aliphatic rings. The van der Waals surface area contributed by atoms with Crippen LogP contribution in [0.3, 0.4) is 0 Å². The number of benzene rings is 1. The van der Waals surface area contributed by atoms with E-state index in [-0.39, 0.29) is 0 Å². The number of hydrogen-bond donors (Lipinski definition) is 2. The summed E-state index contributed by atoms with van der Waals surface area (Å²) in [6, 6.07) is 5.85. The average molecular weight is 251 g/mol. The summed E-state index contributed by atoms with van der Waals surface area (Å²) in [5, 5.41) is 13.2. The van der Waals surface area contributed by atoms with Gasteiger partial charge in [-0.15, -0.1) is 0 Å². The van der Waals surface area contributed by atoms with Crippen LogP contribution in [-0.4, -0.2) is 24.4 Å². The number of rotatable bonds is 8. The van der Waals surface area contributed by atoms with E-state index in [9.17, 15) is 5.11 Å². The first kappa shape index (κ1) is 15.0. The highest BCUT2D eigenvalue weighted by Gasteiger charge is 2.02. The smallest absolute Gasteiger partial charge is 0.122 e. The summed E-state index contributed by atoms with van der Waals surface area (Å²) in [6.07, 6.45) is 2.49. The van der Waals surface area contributed by atoms with Gasteiger partial charge in [-0.2, -0.15) is 0 Å². The van der Waals surface area contributed by atoms with Crippen molar-refractivity contribution in [2.24, 2.45) is 0 Å². The lowest BCUT2D eigenvalue weighted by Crippen LogP contribution is -2.15. The Labute approximate surface area is 110 Å². The predicted octanol–water partition coefficient (Wildman–Crippen LogP) is 3.00. The molecule has 0 heterocycles. The van der Waals surface area contributed by atoms with Gasteiger partial charge < -0.3 is 15.2 Å². The monoisotopic (exact) mass is 251 g/mol. The van der Waals surface area contributed by atoms with Crippen LogP contribution in [0.1, 0.15) is 37.8 Å². The Balaban J connectivity index is 2.13. The average Bonchev–Trinajstić information content (AvgIpc) is 2.32. The zero-order valence-electron chi connectivity index (χ0n) is 11.7. The first-order valence-corrected chi connectivity index (χ1v) is 6.71. The van der Waals surface area contributed by atoms with Crippen molar-refractivity contribution in [3.63, 3.8) is 0 Å². The van der Waals surface area contributed by atoms with E-state index >= 15 is 0 Å². The fourth-order valence-electron chi connectivity index (χ4n) is 1.76. The molecule has 0 saturated heterocycles. The Bertz CT molecular complexity index is 350. The molecule has 0 saturated carbocycles. The number of phenols is 1. The summed E-state index contributed by atoms with van der Waals surface area (Å²) < 4.78 is 5.47. The Hall–Kier alpha value is -1.06. The largest absolute Gasteiger partial charge is 0.507 e. The number of para-hydroxylation sites is 1. The molecule has 1 aromatic carbocycles. The van der Waals surface area contributed by atoms with Crippen molar-refractivity contribution in [3.8, 4) is 5.75 Å². The third kappa shape index (κ3) is 5.52. The van der Waals surface area contributed by atoms with Crippen LogP contribution in [0.15, 0.2) is 18.2 Å². The van der Waals surface area contributed by atoms with Crippen LogP contribution in [0, 0.1) is 6.92 Å². The van der Waals surface area contributed by atoms with E-state index in [2.05, 4.69) is 19.2 Å². The molecule has 0 aliphatic carbocycles. The van der Waals surface area contributed by atoms with Gasteiger partial charge in [-0.1, -0.05) is 18.2 Å². The Morgan fingerprint density at radius 1 is 1.28 bits per heavy atom. The van der Waals surface area contributed by atoms with E-state index in [0.29, 0.717) is 11.9 Å². The SMILES string of the molecule is Cc1cccc(CNCCCCOC(C)C)c1O. The van der Waals surface area contributed by atoms with Crippen molar-refractivity contribution in [3.05, 3.63) is 29.3 Å². The lowest BCUT2D eigenvalue weighted by Gasteiger charge is -2.09. The van der Waals surface area contributed by atoms with E-state index < -0.39 is 0 Å². The van der Waals surface area contributed by atoms with Crippen molar-refractivity contribution in [2.45, 2.75) is 46.3 Å². The zero-order valence-corrected chi connectivity index (χ0v) is 11.7. The molecule has 3 heteroatoms. The minimum atomic E-state index is 0.321. The van der Waals surface area contributed by atoms with E-state index in [1.54, 1.807) is 0 Å².